The molecule has 4 rings (SSSR count). The minimum absolute atomic E-state index is 0.149. The molecular weight excluding hydrogens is 383 g/mol. The number of nitrogens with zero attached hydrogens (tertiary/aromatic N) is 1. The lowest BCUT2D eigenvalue weighted by molar-refractivity contribution is -0.118. The van der Waals surface area contributed by atoms with E-state index in [4.69, 9.17) is 0 Å². The van der Waals surface area contributed by atoms with Crippen molar-refractivity contribution in [3.8, 4) is 0 Å². The number of benzene rings is 2. The number of amides is 2. The van der Waals surface area contributed by atoms with Gasteiger partial charge >= 0.3 is 0 Å². The molecule has 0 aliphatic rings. The van der Waals surface area contributed by atoms with Gasteiger partial charge < -0.3 is 15.6 Å². The Morgan fingerprint density at radius 2 is 1.83 bits per heavy atom. The Labute approximate surface area is 172 Å². The van der Waals surface area contributed by atoms with Crippen molar-refractivity contribution in [1.82, 2.24) is 15.3 Å². The van der Waals surface area contributed by atoms with Crippen LogP contribution in [-0.2, 0) is 11.2 Å². The third-order valence-corrected chi connectivity index (χ3v) is 4.76. The molecule has 0 radical (unpaired) electrons. The minimum Gasteiger partial charge on any atom is -0.361 e. The summed E-state index contributed by atoms with van der Waals surface area (Å²) < 4.78 is 13.5. The van der Waals surface area contributed by atoms with Gasteiger partial charge in [-0.05, 0) is 42.0 Å². The summed E-state index contributed by atoms with van der Waals surface area (Å²) >= 11 is 0. The highest BCUT2D eigenvalue weighted by Gasteiger charge is 2.23. The topological polar surface area (TPSA) is 86.9 Å². The van der Waals surface area contributed by atoms with Crippen molar-refractivity contribution in [3.05, 3.63) is 96.2 Å². The first-order chi connectivity index (χ1) is 14.6. The second-order valence-corrected chi connectivity index (χ2v) is 6.83. The molecule has 150 valence electrons. The molecule has 3 N–H and O–H groups in total. The number of hydrogen-bond donors (Lipinski definition) is 3. The Morgan fingerprint density at radius 3 is 2.63 bits per heavy atom. The molecule has 4 aromatic rings. The molecule has 2 amide bonds. The third kappa shape index (κ3) is 4.35. The lowest BCUT2D eigenvalue weighted by atomic mass is 10.0. The molecular formula is C23H19FN4O2. The molecule has 0 aliphatic heterocycles. The van der Waals surface area contributed by atoms with Gasteiger partial charge in [0.05, 0.1) is 0 Å². The van der Waals surface area contributed by atoms with Crippen LogP contribution in [0.3, 0.4) is 0 Å². The lowest BCUT2D eigenvalue weighted by Gasteiger charge is -2.18. The molecule has 0 spiro atoms. The fourth-order valence-corrected chi connectivity index (χ4v) is 3.27. The largest absolute Gasteiger partial charge is 0.361 e. The molecule has 1 unspecified atom stereocenters. The monoisotopic (exact) mass is 402 g/mol. The van der Waals surface area contributed by atoms with Crippen molar-refractivity contribution in [2.24, 2.45) is 0 Å². The Morgan fingerprint density at radius 1 is 1.03 bits per heavy atom. The Hall–Kier alpha value is -4.00. The number of aromatic nitrogens is 2. The minimum atomic E-state index is -0.867. The molecule has 2 heterocycles. The smallest absolute Gasteiger partial charge is 0.252 e. The van der Waals surface area contributed by atoms with Crippen LogP contribution < -0.4 is 10.6 Å². The quantitative estimate of drug-likeness (QED) is 0.460. The number of H-pyrrole nitrogens is 1. The first-order valence-electron chi connectivity index (χ1n) is 9.42. The molecule has 0 aliphatic carbocycles. The predicted octanol–water partition coefficient (Wildman–Crippen LogP) is 3.68. The average molecular weight is 402 g/mol. The van der Waals surface area contributed by atoms with Crippen molar-refractivity contribution in [1.29, 1.82) is 0 Å². The number of nitrogens with one attached hydrogen (secondary N) is 3. The number of pyridine rings is 1. The average Bonchev–Trinajstić information content (AvgIpc) is 3.17. The van der Waals surface area contributed by atoms with Gasteiger partial charge in [0.25, 0.3) is 5.91 Å². The summed E-state index contributed by atoms with van der Waals surface area (Å²) in [5, 5.41) is 6.50. The van der Waals surface area contributed by atoms with Gasteiger partial charge in [0.2, 0.25) is 5.91 Å². The predicted molar refractivity (Wildman–Crippen MR) is 113 cm³/mol. The van der Waals surface area contributed by atoms with E-state index in [1.807, 2.05) is 30.5 Å². The van der Waals surface area contributed by atoms with Gasteiger partial charge in [0, 0.05) is 47.2 Å². The van der Waals surface area contributed by atoms with Crippen LogP contribution in [0.4, 0.5) is 10.1 Å². The molecule has 1 atom stereocenters. The van der Waals surface area contributed by atoms with Gasteiger partial charge in [-0.1, -0.05) is 24.3 Å². The molecule has 0 saturated heterocycles. The molecule has 2 aromatic heterocycles. The molecule has 30 heavy (non-hydrogen) atoms. The molecule has 0 fully saturated rings. The number of anilines is 1. The summed E-state index contributed by atoms with van der Waals surface area (Å²) in [6.07, 6.45) is 5.22. The molecule has 6 nitrogen and oxygen atoms in total. The summed E-state index contributed by atoms with van der Waals surface area (Å²) in [4.78, 5) is 32.8. The normalized spacial score (nSPS) is 11.8. The van der Waals surface area contributed by atoms with Gasteiger partial charge in [0.15, 0.2) is 0 Å². The number of fused-ring (bicyclic) bond motifs is 1. The number of carbonyl (C=O) groups excluding carboxylic acids is 2. The van der Waals surface area contributed by atoms with Crippen molar-refractivity contribution in [2.75, 3.05) is 5.32 Å². The van der Waals surface area contributed by atoms with Gasteiger partial charge in [-0.15, -0.1) is 0 Å². The van der Waals surface area contributed by atoms with E-state index in [1.165, 1.54) is 18.2 Å². The maximum Gasteiger partial charge on any atom is 0.252 e. The second kappa shape index (κ2) is 8.57. The summed E-state index contributed by atoms with van der Waals surface area (Å²) in [6, 6.07) is 15.5. The molecule has 0 bridgehead atoms. The van der Waals surface area contributed by atoms with Crippen LogP contribution in [0.1, 0.15) is 15.9 Å². The van der Waals surface area contributed by atoms with E-state index in [-0.39, 0.29) is 17.9 Å². The number of aromatic amines is 1. The highest BCUT2D eigenvalue weighted by molar-refractivity contribution is 6.01. The zero-order chi connectivity index (χ0) is 20.9. The number of halogens is 1. The standard InChI is InChI=1S/C23H19FN4O2/c24-17-5-3-4-15(12-17)22(29)28-21(23(30)27-18-8-10-25-11-9-18)13-16-14-26-20-7-2-1-6-19(16)20/h1-12,14,21,26H,13H2,(H,28,29)(H,25,27,30). The maximum atomic E-state index is 13.5. The maximum absolute atomic E-state index is 13.5. The third-order valence-electron chi connectivity index (χ3n) is 4.76. The molecule has 7 heteroatoms. The van der Waals surface area contributed by atoms with Crippen LogP contribution in [0, 0.1) is 5.82 Å². The Bertz CT molecular complexity index is 1190. The molecule has 0 saturated carbocycles. The van der Waals surface area contributed by atoms with E-state index < -0.39 is 17.8 Å². The van der Waals surface area contributed by atoms with Crippen molar-refractivity contribution >= 4 is 28.4 Å². The Kier molecular flexibility index (Phi) is 5.52. The second-order valence-electron chi connectivity index (χ2n) is 6.83. The highest BCUT2D eigenvalue weighted by Crippen LogP contribution is 2.20. The first-order valence-corrected chi connectivity index (χ1v) is 9.42. The van der Waals surface area contributed by atoms with E-state index in [0.29, 0.717) is 5.69 Å². The lowest BCUT2D eigenvalue weighted by Crippen LogP contribution is -2.45. The highest BCUT2D eigenvalue weighted by atomic mass is 19.1. The van der Waals surface area contributed by atoms with Gasteiger partial charge in [-0.25, -0.2) is 4.39 Å². The van der Waals surface area contributed by atoms with Crippen molar-refractivity contribution < 1.29 is 14.0 Å². The van der Waals surface area contributed by atoms with Crippen LogP contribution in [-0.4, -0.2) is 27.8 Å². The van der Waals surface area contributed by atoms with E-state index >= 15 is 0 Å². The van der Waals surface area contributed by atoms with E-state index in [1.54, 1.807) is 24.5 Å². The van der Waals surface area contributed by atoms with Crippen molar-refractivity contribution in [2.45, 2.75) is 12.5 Å². The fraction of sp³-hybridized carbons (Fsp3) is 0.0870. The van der Waals surface area contributed by atoms with E-state index in [9.17, 15) is 14.0 Å². The summed E-state index contributed by atoms with van der Waals surface area (Å²) in [5.41, 5.74) is 2.55. The van der Waals surface area contributed by atoms with Gasteiger partial charge in [-0.3, -0.25) is 14.6 Å². The zero-order valence-corrected chi connectivity index (χ0v) is 15.9. The van der Waals surface area contributed by atoms with Crippen LogP contribution >= 0.6 is 0 Å². The van der Waals surface area contributed by atoms with Gasteiger partial charge in [0.1, 0.15) is 11.9 Å². The van der Waals surface area contributed by atoms with Crippen LogP contribution in [0.5, 0.6) is 0 Å². The van der Waals surface area contributed by atoms with Gasteiger partial charge in [-0.2, -0.15) is 0 Å². The number of carbonyl (C=O) groups is 2. The number of rotatable bonds is 6. The van der Waals surface area contributed by atoms with E-state index in [0.717, 1.165) is 22.5 Å². The van der Waals surface area contributed by atoms with E-state index in [2.05, 4.69) is 20.6 Å². The fourth-order valence-electron chi connectivity index (χ4n) is 3.27. The summed E-state index contributed by atoms with van der Waals surface area (Å²) in [5.74, 6) is -1.42. The van der Waals surface area contributed by atoms with Crippen LogP contribution in [0.2, 0.25) is 0 Å². The van der Waals surface area contributed by atoms with Crippen molar-refractivity contribution in [3.63, 3.8) is 0 Å². The summed E-state index contributed by atoms with van der Waals surface area (Å²) in [6.45, 7) is 0. The SMILES string of the molecule is O=C(NC(Cc1c[nH]c2ccccc12)C(=O)Nc1ccncc1)c1cccc(F)c1. The first kappa shape index (κ1) is 19.3. The Balaban J connectivity index is 1.60. The molecule has 2 aromatic carbocycles. The van der Waals surface area contributed by atoms with Crippen LogP contribution in [0.15, 0.2) is 79.3 Å². The zero-order valence-electron chi connectivity index (χ0n) is 15.9. The summed E-state index contributed by atoms with van der Waals surface area (Å²) in [7, 11) is 0. The number of para-hydroxylation sites is 1. The number of hydrogen-bond acceptors (Lipinski definition) is 3. The van der Waals surface area contributed by atoms with Crippen LogP contribution in [0.25, 0.3) is 10.9 Å².